The second-order valence-electron chi connectivity index (χ2n) is 6.17. The van der Waals surface area contributed by atoms with Crippen LogP contribution in [-0.2, 0) is 9.59 Å². The van der Waals surface area contributed by atoms with Gasteiger partial charge in [0.25, 0.3) is 0 Å². The van der Waals surface area contributed by atoms with Crippen LogP contribution in [0, 0.1) is 11.8 Å². The molecule has 2 heterocycles. The summed E-state index contributed by atoms with van der Waals surface area (Å²) in [6.45, 7) is 3.63. The summed E-state index contributed by atoms with van der Waals surface area (Å²) in [5, 5.41) is 12.2. The molecule has 0 saturated carbocycles. The number of piperidine rings is 2. The number of aliphatic carboxylic acids is 1. The molecule has 5 heteroatoms. The zero-order valence-corrected chi connectivity index (χ0v) is 12.1. The van der Waals surface area contributed by atoms with Crippen LogP contribution in [0.2, 0.25) is 0 Å². The lowest BCUT2D eigenvalue weighted by molar-refractivity contribution is -0.138. The summed E-state index contributed by atoms with van der Waals surface area (Å²) in [5.41, 5.74) is 0. The van der Waals surface area contributed by atoms with Crippen LogP contribution in [0.5, 0.6) is 0 Å². The van der Waals surface area contributed by atoms with Gasteiger partial charge in [0.15, 0.2) is 0 Å². The molecule has 0 aromatic carbocycles. The van der Waals surface area contributed by atoms with Gasteiger partial charge in [-0.2, -0.15) is 0 Å². The van der Waals surface area contributed by atoms with Gasteiger partial charge in [0.1, 0.15) is 0 Å². The molecule has 20 heavy (non-hydrogen) atoms. The first-order valence-corrected chi connectivity index (χ1v) is 7.85. The van der Waals surface area contributed by atoms with E-state index in [0.29, 0.717) is 12.3 Å². The van der Waals surface area contributed by atoms with E-state index in [4.69, 9.17) is 5.11 Å². The SMILES string of the molecule is O=C(O)CC1CCN(C(=O)CCC2CCCNC2)CC1. The first kappa shape index (κ1) is 15.3. The number of carboxylic acids is 1. The van der Waals surface area contributed by atoms with Crippen LogP contribution in [0.1, 0.15) is 44.9 Å². The summed E-state index contributed by atoms with van der Waals surface area (Å²) in [5.74, 6) is 0.431. The minimum atomic E-state index is -0.723. The number of likely N-dealkylation sites (tertiary alicyclic amines) is 1. The number of amides is 1. The lowest BCUT2D eigenvalue weighted by Crippen LogP contribution is -2.39. The minimum absolute atomic E-state index is 0.246. The van der Waals surface area contributed by atoms with Crippen molar-refractivity contribution in [2.75, 3.05) is 26.2 Å². The largest absolute Gasteiger partial charge is 0.481 e. The van der Waals surface area contributed by atoms with Crippen molar-refractivity contribution in [3.63, 3.8) is 0 Å². The van der Waals surface area contributed by atoms with Gasteiger partial charge in [0.2, 0.25) is 5.91 Å². The Morgan fingerprint density at radius 2 is 1.90 bits per heavy atom. The molecule has 2 saturated heterocycles. The zero-order valence-electron chi connectivity index (χ0n) is 12.1. The van der Waals surface area contributed by atoms with Crippen molar-refractivity contribution in [2.45, 2.75) is 44.9 Å². The number of carbonyl (C=O) groups excluding carboxylic acids is 1. The van der Waals surface area contributed by atoms with Gasteiger partial charge < -0.3 is 15.3 Å². The molecule has 0 aliphatic carbocycles. The van der Waals surface area contributed by atoms with Crippen LogP contribution in [0.15, 0.2) is 0 Å². The van der Waals surface area contributed by atoms with Crippen molar-refractivity contribution in [2.24, 2.45) is 11.8 Å². The second-order valence-corrected chi connectivity index (χ2v) is 6.17. The molecule has 0 aromatic rings. The molecule has 1 atom stereocenters. The summed E-state index contributed by atoms with van der Waals surface area (Å²) in [6, 6.07) is 0. The standard InChI is InChI=1S/C15H26N2O3/c18-14(4-3-13-2-1-7-16-11-13)17-8-5-12(6-9-17)10-15(19)20/h12-13,16H,1-11H2,(H,19,20). The fourth-order valence-electron chi connectivity index (χ4n) is 3.29. The topological polar surface area (TPSA) is 69.6 Å². The third-order valence-electron chi connectivity index (χ3n) is 4.60. The zero-order chi connectivity index (χ0) is 14.4. The molecule has 114 valence electrons. The molecule has 2 N–H and O–H groups in total. The van der Waals surface area contributed by atoms with Crippen LogP contribution in [0.4, 0.5) is 0 Å². The number of carbonyl (C=O) groups is 2. The maximum atomic E-state index is 12.2. The van der Waals surface area contributed by atoms with Gasteiger partial charge >= 0.3 is 5.97 Å². The summed E-state index contributed by atoms with van der Waals surface area (Å²) >= 11 is 0. The van der Waals surface area contributed by atoms with Crippen LogP contribution < -0.4 is 5.32 Å². The Kier molecular flexibility index (Phi) is 5.83. The molecule has 2 rings (SSSR count). The number of carboxylic acid groups (broad SMARTS) is 1. The lowest BCUT2D eigenvalue weighted by Gasteiger charge is -2.32. The van der Waals surface area contributed by atoms with E-state index in [-0.39, 0.29) is 18.2 Å². The number of nitrogens with zero attached hydrogens (tertiary/aromatic N) is 1. The molecule has 0 radical (unpaired) electrons. The number of hydrogen-bond acceptors (Lipinski definition) is 3. The van der Waals surface area contributed by atoms with Crippen LogP contribution in [0.3, 0.4) is 0 Å². The molecule has 0 aromatic heterocycles. The fraction of sp³-hybridized carbons (Fsp3) is 0.867. The van der Waals surface area contributed by atoms with E-state index in [2.05, 4.69) is 5.32 Å². The molecule has 1 unspecified atom stereocenters. The third kappa shape index (κ3) is 4.78. The Bertz CT molecular complexity index is 332. The number of nitrogens with one attached hydrogen (secondary N) is 1. The minimum Gasteiger partial charge on any atom is -0.481 e. The monoisotopic (exact) mass is 282 g/mol. The van der Waals surface area contributed by atoms with Crippen molar-refractivity contribution >= 4 is 11.9 Å². The van der Waals surface area contributed by atoms with E-state index < -0.39 is 5.97 Å². The highest BCUT2D eigenvalue weighted by Crippen LogP contribution is 2.22. The van der Waals surface area contributed by atoms with Crippen LogP contribution >= 0.6 is 0 Å². The fourth-order valence-corrected chi connectivity index (χ4v) is 3.29. The average Bonchev–Trinajstić information content (AvgIpc) is 2.46. The van der Waals surface area contributed by atoms with Crippen LogP contribution in [0.25, 0.3) is 0 Å². The van der Waals surface area contributed by atoms with E-state index in [1.807, 2.05) is 4.90 Å². The summed E-state index contributed by atoms with van der Waals surface area (Å²) in [6.07, 6.45) is 6.01. The first-order valence-electron chi connectivity index (χ1n) is 7.85. The lowest BCUT2D eigenvalue weighted by atomic mass is 9.92. The molecular weight excluding hydrogens is 256 g/mol. The maximum absolute atomic E-state index is 12.2. The third-order valence-corrected chi connectivity index (χ3v) is 4.60. The van der Waals surface area contributed by atoms with Gasteiger partial charge in [-0.05, 0) is 57.0 Å². The predicted octanol–water partition coefficient (Wildman–Crippen LogP) is 1.48. The maximum Gasteiger partial charge on any atom is 0.303 e. The summed E-state index contributed by atoms with van der Waals surface area (Å²) in [4.78, 5) is 24.8. The molecular formula is C15H26N2O3. The van der Waals surface area contributed by atoms with E-state index in [9.17, 15) is 9.59 Å². The number of rotatable bonds is 5. The molecule has 2 fully saturated rings. The van der Waals surface area contributed by atoms with E-state index in [1.165, 1.54) is 12.8 Å². The predicted molar refractivity (Wildman–Crippen MR) is 76.4 cm³/mol. The van der Waals surface area contributed by atoms with Gasteiger partial charge in [-0.1, -0.05) is 0 Å². The van der Waals surface area contributed by atoms with Gasteiger partial charge in [-0.15, -0.1) is 0 Å². The van der Waals surface area contributed by atoms with Crippen molar-refractivity contribution in [1.82, 2.24) is 10.2 Å². The second kappa shape index (κ2) is 7.62. The Morgan fingerprint density at radius 3 is 2.50 bits per heavy atom. The molecule has 5 nitrogen and oxygen atoms in total. The highest BCUT2D eigenvalue weighted by Gasteiger charge is 2.24. The quantitative estimate of drug-likeness (QED) is 0.801. The van der Waals surface area contributed by atoms with E-state index in [1.54, 1.807) is 0 Å². The summed E-state index contributed by atoms with van der Waals surface area (Å²) in [7, 11) is 0. The van der Waals surface area contributed by atoms with Gasteiger partial charge in [-0.3, -0.25) is 9.59 Å². The Balaban J connectivity index is 1.65. The highest BCUT2D eigenvalue weighted by atomic mass is 16.4. The van der Waals surface area contributed by atoms with Gasteiger partial charge in [0.05, 0.1) is 0 Å². The van der Waals surface area contributed by atoms with E-state index >= 15 is 0 Å². The normalized spacial score (nSPS) is 24.6. The highest BCUT2D eigenvalue weighted by molar-refractivity contribution is 5.76. The number of hydrogen-bond donors (Lipinski definition) is 2. The van der Waals surface area contributed by atoms with Crippen molar-refractivity contribution in [3.8, 4) is 0 Å². The smallest absolute Gasteiger partial charge is 0.303 e. The van der Waals surface area contributed by atoms with Gasteiger partial charge in [-0.25, -0.2) is 0 Å². The molecule has 2 aliphatic rings. The van der Waals surface area contributed by atoms with Crippen molar-refractivity contribution < 1.29 is 14.7 Å². The van der Waals surface area contributed by atoms with Crippen LogP contribution in [-0.4, -0.2) is 48.1 Å². The van der Waals surface area contributed by atoms with Gasteiger partial charge in [0, 0.05) is 25.9 Å². The Labute approximate surface area is 120 Å². The average molecular weight is 282 g/mol. The van der Waals surface area contributed by atoms with E-state index in [0.717, 1.165) is 45.4 Å². The molecule has 2 aliphatic heterocycles. The molecule has 0 bridgehead atoms. The Hall–Kier alpha value is -1.10. The van der Waals surface area contributed by atoms with Crippen molar-refractivity contribution in [3.05, 3.63) is 0 Å². The first-order chi connectivity index (χ1) is 9.65. The Morgan fingerprint density at radius 1 is 1.15 bits per heavy atom. The molecule has 1 amide bonds. The molecule has 0 spiro atoms. The summed E-state index contributed by atoms with van der Waals surface area (Å²) < 4.78 is 0. The van der Waals surface area contributed by atoms with Crippen molar-refractivity contribution in [1.29, 1.82) is 0 Å².